The zero-order valence-corrected chi connectivity index (χ0v) is 16.4. The number of nitrogens with one attached hydrogen (secondary N) is 1. The van der Waals surface area contributed by atoms with Crippen molar-refractivity contribution in [3.05, 3.63) is 97.4 Å². The second kappa shape index (κ2) is 8.15. The summed E-state index contributed by atoms with van der Waals surface area (Å²) in [6.07, 6.45) is 0.875. The fraction of sp³-hybridized carbons (Fsp3) is 0.227. The van der Waals surface area contributed by atoms with Gasteiger partial charge in [0.15, 0.2) is 5.56 Å². The molecule has 148 valence electrons. The van der Waals surface area contributed by atoms with Gasteiger partial charge in [-0.3, -0.25) is 13.9 Å². The minimum absolute atomic E-state index is 0.0921. The largest absolute Gasteiger partial charge is 0.359 e. The predicted octanol–water partition coefficient (Wildman–Crippen LogP) is 2.86. The molecule has 1 atom stereocenters. The van der Waals surface area contributed by atoms with Gasteiger partial charge in [0.2, 0.25) is 0 Å². The molecule has 6 nitrogen and oxygen atoms in total. The fourth-order valence-electron chi connectivity index (χ4n) is 3.24. The highest BCUT2D eigenvalue weighted by Gasteiger charge is 2.21. The van der Waals surface area contributed by atoms with Gasteiger partial charge in [0, 0.05) is 14.1 Å². The average molecular weight is 392 g/mol. The van der Waals surface area contributed by atoms with E-state index in [2.05, 4.69) is 5.32 Å². The summed E-state index contributed by atoms with van der Waals surface area (Å²) in [6.45, 7) is 2.05. The van der Waals surface area contributed by atoms with Gasteiger partial charge >= 0.3 is 5.69 Å². The van der Waals surface area contributed by atoms with E-state index in [0.29, 0.717) is 5.56 Å². The van der Waals surface area contributed by atoms with Crippen molar-refractivity contribution in [3.8, 4) is 6.07 Å². The Morgan fingerprint density at radius 2 is 1.76 bits per heavy atom. The van der Waals surface area contributed by atoms with Crippen molar-refractivity contribution in [2.75, 3.05) is 5.32 Å². The molecule has 1 aromatic heterocycles. The lowest BCUT2D eigenvalue weighted by atomic mass is 9.97. The Morgan fingerprint density at radius 1 is 1.07 bits per heavy atom. The van der Waals surface area contributed by atoms with Gasteiger partial charge in [-0.25, -0.2) is 9.18 Å². The third kappa shape index (κ3) is 3.83. The molecule has 0 aliphatic carbocycles. The van der Waals surface area contributed by atoms with Crippen LogP contribution in [-0.2, 0) is 20.5 Å². The highest BCUT2D eigenvalue weighted by atomic mass is 19.1. The van der Waals surface area contributed by atoms with Crippen LogP contribution in [0.3, 0.4) is 0 Å². The summed E-state index contributed by atoms with van der Waals surface area (Å²) in [6, 6.07) is 15.1. The number of benzene rings is 2. The molecular formula is C22H21FN4O2. The first-order valence-electron chi connectivity index (χ1n) is 9.18. The van der Waals surface area contributed by atoms with Gasteiger partial charge in [0.25, 0.3) is 5.56 Å². The number of aromatic nitrogens is 2. The Labute approximate surface area is 167 Å². The molecule has 2 aromatic carbocycles. The van der Waals surface area contributed by atoms with Crippen molar-refractivity contribution >= 4 is 5.82 Å². The summed E-state index contributed by atoms with van der Waals surface area (Å²) in [5.74, 6) is -0.313. The zero-order valence-electron chi connectivity index (χ0n) is 16.4. The highest BCUT2D eigenvalue weighted by molar-refractivity contribution is 5.54. The number of anilines is 1. The van der Waals surface area contributed by atoms with Crippen LogP contribution in [-0.4, -0.2) is 9.13 Å². The average Bonchev–Trinajstić information content (AvgIpc) is 2.74. The molecule has 0 spiro atoms. The quantitative estimate of drug-likeness (QED) is 0.724. The maximum atomic E-state index is 13.9. The van der Waals surface area contributed by atoms with Crippen molar-refractivity contribution < 1.29 is 4.39 Å². The first kappa shape index (κ1) is 20.1. The monoisotopic (exact) mass is 392 g/mol. The van der Waals surface area contributed by atoms with E-state index in [1.54, 1.807) is 12.1 Å². The van der Waals surface area contributed by atoms with Gasteiger partial charge in [-0.05, 0) is 35.2 Å². The number of aryl methyl sites for hydroxylation is 1. The van der Waals surface area contributed by atoms with Gasteiger partial charge in [-0.1, -0.05) is 43.3 Å². The topological polar surface area (TPSA) is 79.8 Å². The highest BCUT2D eigenvalue weighted by Crippen LogP contribution is 2.28. The van der Waals surface area contributed by atoms with Gasteiger partial charge in [-0.15, -0.1) is 0 Å². The Bertz CT molecular complexity index is 1200. The molecule has 0 amide bonds. The first-order chi connectivity index (χ1) is 13.9. The first-order valence-corrected chi connectivity index (χ1v) is 9.18. The second-order valence-electron chi connectivity index (χ2n) is 6.77. The molecule has 1 heterocycles. The molecule has 7 heteroatoms. The second-order valence-corrected chi connectivity index (χ2v) is 6.77. The molecular weight excluding hydrogens is 371 g/mol. The lowest BCUT2D eigenvalue weighted by Gasteiger charge is -2.23. The Morgan fingerprint density at radius 3 is 2.34 bits per heavy atom. The summed E-state index contributed by atoms with van der Waals surface area (Å²) in [5.41, 5.74) is 1.14. The number of nitriles is 1. The molecule has 1 N–H and O–H groups in total. The third-order valence-electron chi connectivity index (χ3n) is 4.96. The molecule has 0 saturated carbocycles. The molecule has 0 saturated heterocycles. The van der Waals surface area contributed by atoms with Crippen LogP contribution in [0.1, 0.15) is 35.2 Å². The van der Waals surface area contributed by atoms with Gasteiger partial charge in [-0.2, -0.15) is 5.26 Å². The summed E-state index contributed by atoms with van der Waals surface area (Å²) < 4.78 is 16.0. The van der Waals surface area contributed by atoms with E-state index in [1.807, 2.05) is 37.3 Å². The normalized spacial score (nSPS) is 11.7. The molecule has 0 fully saturated rings. The van der Waals surface area contributed by atoms with Crippen LogP contribution in [0.5, 0.6) is 0 Å². The third-order valence-corrected chi connectivity index (χ3v) is 4.96. The van der Waals surface area contributed by atoms with Crippen molar-refractivity contribution in [1.82, 2.24) is 9.13 Å². The van der Waals surface area contributed by atoms with Crippen LogP contribution in [0.4, 0.5) is 10.2 Å². The number of rotatable bonds is 5. The molecule has 29 heavy (non-hydrogen) atoms. The SMILES string of the molecule is CCc1ccc(C(Nc2c(C#N)c(=O)n(C)c(=O)n2C)c2cccc(F)c2)cc1. The van der Waals surface area contributed by atoms with Gasteiger partial charge < -0.3 is 5.32 Å². The Balaban J connectivity index is 2.20. The summed E-state index contributed by atoms with van der Waals surface area (Å²) in [7, 11) is 2.80. The molecule has 3 rings (SSSR count). The maximum absolute atomic E-state index is 13.9. The van der Waals surface area contributed by atoms with E-state index >= 15 is 0 Å². The molecule has 0 aliphatic rings. The van der Waals surface area contributed by atoms with Gasteiger partial charge in [0.1, 0.15) is 17.7 Å². The minimum atomic E-state index is -0.683. The van der Waals surface area contributed by atoms with Crippen molar-refractivity contribution in [2.24, 2.45) is 14.1 Å². The van der Waals surface area contributed by atoms with E-state index in [0.717, 1.165) is 22.1 Å². The van der Waals surface area contributed by atoms with Crippen LogP contribution < -0.4 is 16.6 Å². The van der Waals surface area contributed by atoms with Crippen LogP contribution >= 0.6 is 0 Å². The van der Waals surface area contributed by atoms with E-state index in [9.17, 15) is 19.2 Å². The molecule has 0 aliphatic heterocycles. The van der Waals surface area contributed by atoms with Crippen LogP contribution in [0, 0.1) is 17.1 Å². The van der Waals surface area contributed by atoms with E-state index in [4.69, 9.17) is 0 Å². The predicted molar refractivity (Wildman–Crippen MR) is 109 cm³/mol. The minimum Gasteiger partial charge on any atom is -0.359 e. The van der Waals surface area contributed by atoms with Crippen LogP contribution in [0.25, 0.3) is 0 Å². The van der Waals surface area contributed by atoms with Crippen molar-refractivity contribution in [3.63, 3.8) is 0 Å². The van der Waals surface area contributed by atoms with E-state index in [1.165, 1.54) is 30.8 Å². The lowest BCUT2D eigenvalue weighted by Crippen LogP contribution is -2.40. The van der Waals surface area contributed by atoms with Gasteiger partial charge in [0.05, 0.1) is 6.04 Å². The number of hydrogen-bond donors (Lipinski definition) is 1. The molecule has 0 bridgehead atoms. The fourth-order valence-corrected chi connectivity index (χ4v) is 3.24. The van der Waals surface area contributed by atoms with Crippen LogP contribution in [0.15, 0.2) is 58.1 Å². The summed E-state index contributed by atoms with van der Waals surface area (Å²) in [5, 5.41) is 12.7. The maximum Gasteiger partial charge on any atom is 0.332 e. The molecule has 1 unspecified atom stereocenters. The standard InChI is InChI=1S/C22H21FN4O2/c1-4-14-8-10-15(11-9-14)19(16-6-5-7-17(23)12-16)25-20-18(13-24)21(28)27(3)22(29)26(20)2/h5-12,19,25H,4H2,1-3H3. The summed E-state index contributed by atoms with van der Waals surface area (Å²) in [4.78, 5) is 24.8. The number of hydrogen-bond acceptors (Lipinski definition) is 4. The summed E-state index contributed by atoms with van der Waals surface area (Å²) >= 11 is 0. The van der Waals surface area contributed by atoms with E-state index in [-0.39, 0.29) is 11.4 Å². The van der Waals surface area contributed by atoms with Crippen molar-refractivity contribution in [2.45, 2.75) is 19.4 Å². The molecule has 0 radical (unpaired) electrons. The Kier molecular flexibility index (Phi) is 5.64. The van der Waals surface area contributed by atoms with Crippen LogP contribution in [0.2, 0.25) is 0 Å². The van der Waals surface area contributed by atoms with E-state index < -0.39 is 23.1 Å². The number of nitrogens with zero attached hydrogens (tertiary/aromatic N) is 3. The molecule has 3 aromatic rings. The smallest absolute Gasteiger partial charge is 0.332 e. The zero-order chi connectivity index (χ0) is 21.1. The Hall–Kier alpha value is -3.66. The van der Waals surface area contributed by atoms with Crippen molar-refractivity contribution in [1.29, 1.82) is 5.26 Å². The lowest BCUT2D eigenvalue weighted by molar-refractivity contribution is 0.624. The number of halogens is 1.